The first-order chi connectivity index (χ1) is 10.6. The Balaban J connectivity index is 1.95. The van der Waals surface area contributed by atoms with Crippen molar-refractivity contribution in [2.24, 2.45) is 0 Å². The minimum Gasteiger partial charge on any atom is -0.494 e. The van der Waals surface area contributed by atoms with Gasteiger partial charge in [0, 0.05) is 15.7 Å². The van der Waals surface area contributed by atoms with E-state index in [1.807, 2.05) is 50.2 Å². The van der Waals surface area contributed by atoms with Gasteiger partial charge in [-0.2, -0.15) is 0 Å². The van der Waals surface area contributed by atoms with Gasteiger partial charge in [-0.15, -0.1) is 0 Å². The summed E-state index contributed by atoms with van der Waals surface area (Å²) in [7, 11) is 0. The molecule has 0 aliphatic carbocycles. The fourth-order valence-electron chi connectivity index (χ4n) is 2.23. The highest BCUT2D eigenvalue weighted by molar-refractivity contribution is 14.1. The average Bonchev–Trinajstić information content (AvgIpc) is 2.49. The summed E-state index contributed by atoms with van der Waals surface area (Å²) in [5, 5.41) is 2.98. The molecule has 0 saturated carbocycles. The third-order valence-electron chi connectivity index (χ3n) is 3.36. The molecule has 0 aliphatic rings. The number of rotatable bonds is 6. The summed E-state index contributed by atoms with van der Waals surface area (Å²) < 4.78 is 6.75. The van der Waals surface area contributed by atoms with Gasteiger partial charge in [-0.3, -0.25) is 4.79 Å². The highest BCUT2D eigenvalue weighted by atomic mass is 127. The van der Waals surface area contributed by atoms with E-state index in [2.05, 4.69) is 34.0 Å². The zero-order chi connectivity index (χ0) is 15.9. The summed E-state index contributed by atoms with van der Waals surface area (Å²) in [6, 6.07) is 13.9. The van der Waals surface area contributed by atoms with Crippen molar-refractivity contribution in [1.29, 1.82) is 0 Å². The molecular weight excluding hydrogens is 389 g/mol. The summed E-state index contributed by atoms with van der Waals surface area (Å²) in [4.78, 5) is 12.1. The Morgan fingerprint density at radius 2 is 2.00 bits per heavy atom. The molecular formula is C18H20INO2. The molecule has 0 heterocycles. The van der Waals surface area contributed by atoms with E-state index in [-0.39, 0.29) is 5.91 Å². The standard InChI is InChI=1S/C18H20INO2/c1-3-22-17-7-5-4-6-14(17)8-11-18(21)20-16-10-9-15(19)12-13(16)2/h4-7,9-10,12H,3,8,11H2,1-2H3,(H,20,21). The van der Waals surface area contributed by atoms with Crippen LogP contribution in [0.5, 0.6) is 5.75 Å². The van der Waals surface area contributed by atoms with Crippen LogP contribution >= 0.6 is 22.6 Å². The minimum absolute atomic E-state index is 0.0237. The molecule has 2 aromatic carbocycles. The van der Waals surface area contributed by atoms with E-state index >= 15 is 0 Å². The van der Waals surface area contributed by atoms with E-state index in [0.717, 1.165) is 22.6 Å². The molecule has 4 heteroatoms. The van der Waals surface area contributed by atoms with Crippen molar-refractivity contribution < 1.29 is 9.53 Å². The Bertz CT molecular complexity index is 655. The van der Waals surface area contributed by atoms with Crippen LogP contribution in [0.4, 0.5) is 5.69 Å². The van der Waals surface area contributed by atoms with E-state index in [0.29, 0.717) is 19.4 Å². The first kappa shape index (κ1) is 16.8. The van der Waals surface area contributed by atoms with Crippen molar-refractivity contribution in [3.63, 3.8) is 0 Å². The van der Waals surface area contributed by atoms with Crippen LogP contribution in [-0.2, 0) is 11.2 Å². The number of hydrogen-bond acceptors (Lipinski definition) is 2. The predicted molar refractivity (Wildman–Crippen MR) is 98.5 cm³/mol. The van der Waals surface area contributed by atoms with Gasteiger partial charge in [-0.05, 0) is 78.3 Å². The maximum Gasteiger partial charge on any atom is 0.224 e. The second-order valence-corrected chi connectivity index (χ2v) is 6.29. The van der Waals surface area contributed by atoms with Gasteiger partial charge in [0.1, 0.15) is 5.75 Å². The summed E-state index contributed by atoms with van der Waals surface area (Å²) >= 11 is 2.26. The van der Waals surface area contributed by atoms with Crippen molar-refractivity contribution in [3.8, 4) is 5.75 Å². The molecule has 0 saturated heterocycles. The Labute approximate surface area is 145 Å². The van der Waals surface area contributed by atoms with Crippen molar-refractivity contribution in [3.05, 3.63) is 57.2 Å². The molecule has 2 aromatic rings. The zero-order valence-corrected chi connectivity index (χ0v) is 15.0. The lowest BCUT2D eigenvalue weighted by atomic mass is 10.1. The highest BCUT2D eigenvalue weighted by Crippen LogP contribution is 2.21. The number of halogens is 1. The molecule has 0 bridgehead atoms. The van der Waals surface area contributed by atoms with Gasteiger partial charge in [0.15, 0.2) is 0 Å². The molecule has 0 atom stereocenters. The van der Waals surface area contributed by atoms with E-state index in [1.54, 1.807) is 0 Å². The maximum absolute atomic E-state index is 12.1. The lowest BCUT2D eigenvalue weighted by Gasteiger charge is -2.11. The number of para-hydroxylation sites is 1. The number of nitrogens with one attached hydrogen (secondary N) is 1. The third kappa shape index (κ3) is 4.73. The molecule has 0 spiro atoms. The molecule has 0 aliphatic heterocycles. The SMILES string of the molecule is CCOc1ccccc1CCC(=O)Nc1ccc(I)cc1C. The molecule has 22 heavy (non-hydrogen) atoms. The van der Waals surface area contributed by atoms with Gasteiger partial charge in [-0.25, -0.2) is 0 Å². The molecule has 1 N–H and O–H groups in total. The lowest BCUT2D eigenvalue weighted by molar-refractivity contribution is -0.116. The second kappa shape index (κ2) is 8.17. The Morgan fingerprint density at radius 1 is 1.23 bits per heavy atom. The fraction of sp³-hybridized carbons (Fsp3) is 0.278. The van der Waals surface area contributed by atoms with Crippen LogP contribution in [0.3, 0.4) is 0 Å². The van der Waals surface area contributed by atoms with Gasteiger partial charge in [0.25, 0.3) is 0 Å². The highest BCUT2D eigenvalue weighted by Gasteiger charge is 2.08. The maximum atomic E-state index is 12.1. The van der Waals surface area contributed by atoms with Gasteiger partial charge in [-0.1, -0.05) is 18.2 Å². The van der Waals surface area contributed by atoms with Crippen LogP contribution in [-0.4, -0.2) is 12.5 Å². The molecule has 1 amide bonds. The summed E-state index contributed by atoms with van der Waals surface area (Å²) in [5.41, 5.74) is 3.03. The fourth-order valence-corrected chi connectivity index (χ4v) is 2.88. The molecule has 116 valence electrons. The van der Waals surface area contributed by atoms with Gasteiger partial charge in [0.05, 0.1) is 6.61 Å². The number of amides is 1. The summed E-state index contributed by atoms with van der Waals surface area (Å²) in [5.74, 6) is 0.888. The van der Waals surface area contributed by atoms with Crippen LogP contribution in [0.25, 0.3) is 0 Å². The van der Waals surface area contributed by atoms with Crippen LogP contribution in [0, 0.1) is 10.5 Å². The molecule has 0 unspecified atom stereocenters. The third-order valence-corrected chi connectivity index (χ3v) is 4.03. The first-order valence-corrected chi connectivity index (χ1v) is 8.44. The van der Waals surface area contributed by atoms with E-state index in [4.69, 9.17) is 4.74 Å². The molecule has 0 radical (unpaired) electrons. The number of anilines is 1. The number of carbonyl (C=O) groups excluding carboxylic acids is 1. The Morgan fingerprint density at radius 3 is 2.73 bits per heavy atom. The van der Waals surface area contributed by atoms with Crippen LogP contribution in [0.2, 0.25) is 0 Å². The second-order valence-electron chi connectivity index (χ2n) is 5.05. The largest absolute Gasteiger partial charge is 0.494 e. The van der Waals surface area contributed by atoms with E-state index < -0.39 is 0 Å². The lowest BCUT2D eigenvalue weighted by Crippen LogP contribution is -2.13. The van der Waals surface area contributed by atoms with Crippen LogP contribution < -0.4 is 10.1 Å². The predicted octanol–water partition coefficient (Wildman–Crippen LogP) is 4.57. The number of hydrogen-bond donors (Lipinski definition) is 1. The summed E-state index contributed by atoms with van der Waals surface area (Å²) in [6.07, 6.45) is 1.11. The number of ether oxygens (including phenoxy) is 1. The van der Waals surface area contributed by atoms with Crippen LogP contribution in [0.15, 0.2) is 42.5 Å². The topological polar surface area (TPSA) is 38.3 Å². The Kier molecular flexibility index (Phi) is 6.24. The average molecular weight is 409 g/mol. The van der Waals surface area contributed by atoms with Crippen molar-refractivity contribution in [2.75, 3.05) is 11.9 Å². The van der Waals surface area contributed by atoms with E-state index in [9.17, 15) is 4.79 Å². The monoisotopic (exact) mass is 409 g/mol. The normalized spacial score (nSPS) is 10.3. The molecule has 3 nitrogen and oxygen atoms in total. The smallest absolute Gasteiger partial charge is 0.224 e. The van der Waals surface area contributed by atoms with E-state index in [1.165, 1.54) is 3.57 Å². The van der Waals surface area contributed by atoms with Crippen molar-refractivity contribution in [2.45, 2.75) is 26.7 Å². The van der Waals surface area contributed by atoms with Gasteiger partial charge >= 0.3 is 0 Å². The number of benzene rings is 2. The number of carbonyl (C=O) groups is 1. The van der Waals surface area contributed by atoms with Crippen molar-refractivity contribution in [1.82, 2.24) is 0 Å². The molecule has 2 rings (SSSR count). The van der Waals surface area contributed by atoms with Crippen molar-refractivity contribution >= 4 is 34.2 Å². The molecule has 0 aromatic heterocycles. The summed E-state index contributed by atoms with van der Waals surface area (Å²) in [6.45, 7) is 4.59. The quantitative estimate of drug-likeness (QED) is 0.710. The molecule has 0 fully saturated rings. The first-order valence-electron chi connectivity index (χ1n) is 7.37. The van der Waals surface area contributed by atoms with Crippen LogP contribution in [0.1, 0.15) is 24.5 Å². The Hall–Kier alpha value is -1.56. The minimum atomic E-state index is 0.0237. The van der Waals surface area contributed by atoms with Gasteiger partial charge in [0.2, 0.25) is 5.91 Å². The van der Waals surface area contributed by atoms with Gasteiger partial charge < -0.3 is 10.1 Å². The number of aryl methyl sites for hydroxylation is 2. The zero-order valence-electron chi connectivity index (χ0n) is 12.9.